The maximum absolute atomic E-state index is 10.9. The van der Waals surface area contributed by atoms with E-state index in [9.17, 15) is 8.42 Å². The number of nitrogens with zero attached hydrogens (tertiary/aromatic N) is 4. The predicted octanol–water partition coefficient (Wildman–Crippen LogP) is 0.612. The van der Waals surface area contributed by atoms with E-state index in [1.54, 1.807) is 4.68 Å². The van der Waals surface area contributed by atoms with Gasteiger partial charge < -0.3 is 0 Å². The van der Waals surface area contributed by atoms with Crippen molar-refractivity contribution in [2.24, 2.45) is 0 Å². The van der Waals surface area contributed by atoms with Crippen LogP contribution in [0.1, 0.15) is 5.56 Å². The summed E-state index contributed by atoms with van der Waals surface area (Å²) in [6, 6.07) is 7.84. The fraction of sp³-hybridized carbons (Fsp3) is 0.364. The lowest BCUT2D eigenvalue weighted by Crippen LogP contribution is -2.24. The van der Waals surface area contributed by atoms with Crippen LogP contribution in [0.5, 0.6) is 0 Å². The van der Waals surface area contributed by atoms with Crippen LogP contribution in [0, 0.1) is 6.92 Å². The molecule has 9 heteroatoms. The highest BCUT2D eigenvalue weighted by Gasteiger charge is 2.09. The monoisotopic (exact) mass is 313 g/mol. The van der Waals surface area contributed by atoms with Gasteiger partial charge in [0.15, 0.2) is 0 Å². The third-order valence-corrected chi connectivity index (χ3v) is 4.07. The number of aryl methyl sites for hydroxylation is 1. The molecule has 1 aromatic heterocycles. The summed E-state index contributed by atoms with van der Waals surface area (Å²) in [7, 11) is -3.15. The number of sulfonamides is 1. The van der Waals surface area contributed by atoms with Gasteiger partial charge >= 0.3 is 0 Å². The zero-order valence-corrected chi connectivity index (χ0v) is 12.8. The number of aromatic nitrogens is 4. The van der Waals surface area contributed by atoms with E-state index in [1.807, 2.05) is 31.2 Å². The molecule has 0 aliphatic carbocycles. The lowest BCUT2D eigenvalue weighted by Gasteiger charge is -2.05. The third kappa shape index (κ3) is 4.29. The van der Waals surface area contributed by atoms with Gasteiger partial charge in [-0.25, -0.2) is 13.1 Å². The Morgan fingerprint density at radius 3 is 2.65 bits per heavy atom. The van der Waals surface area contributed by atoms with Gasteiger partial charge in [-0.15, -0.1) is 5.10 Å². The van der Waals surface area contributed by atoms with Crippen molar-refractivity contribution in [1.29, 1.82) is 0 Å². The van der Waals surface area contributed by atoms with Crippen molar-refractivity contribution in [3.05, 3.63) is 29.8 Å². The van der Waals surface area contributed by atoms with Crippen LogP contribution < -0.4 is 4.72 Å². The first-order valence-electron chi connectivity index (χ1n) is 5.88. The molecule has 0 unspecified atom stereocenters. The van der Waals surface area contributed by atoms with E-state index in [4.69, 9.17) is 0 Å². The van der Waals surface area contributed by atoms with E-state index in [2.05, 4.69) is 20.2 Å². The van der Waals surface area contributed by atoms with Crippen molar-refractivity contribution in [2.75, 3.05) is 18.6 Å². The molecular weight excluding hydrogens is 298 g/mol. The first-order chi connectivity index (χ1) is 9.46. The zero-order chi connectivity index (χ0) is 14.6. The third-order valence-electron chi connectivity index (χ3n) is 2.42. The van der Waals surface area contributed by atoms with E-state index < -0.39 is 10.0 Å². The average Bonchev–Trinajstić information content (AvgIpc) is 2.83. The van der Waals surface area contributed by atoms with E-state index in [0.717, 1.165) is 17.5 Å². The molecule has 0 amide bonds. The summed E-state index contributed by atoms with van der Waals surface area (Å²) in [5.41, 5.74) is 2.03. The Labute approximate surface area is 121 Å². The zero-order valence-electron chi connectivity index (χ0n) is 11.1. The van der Waals surface area contributed by atoms with Gasteiger partial charge in [0, 0.05) is 12.3 Å². The largest absolute Gasteiger partial charge is 0.215 e. The number of rotatable bonds is 6. The highest BCUT2D eigenvalue weighted by molar-refractivity contribution is 7.99. The van der Waals surface area contributed by atoms with E-state index in [-0.39, 0.29) is 0 Å². The molecule has 1 aromatic carbocycles. The lowest BCUT2D eigenvalue weighted by atomic mass is 10.2. The number of hydrogen-bond donors (Lipinski definition) is 1. The van der Waals surface area contributed by atoms with Gasteiger partial charge in [-0.2, -0.15) is 4.68 Å². The molecule has 0 aliphatic heterocycles. The molecule has 2 rings (SSSR count). The van der Waals surface area contributed by atoms with Crippen LogP contribution in [0.15, 0.2) is 29.4 Å². The Morgan fingerprint density at radius 2 is 2.00 bits per heavy atom. The molecule has 7 nitrogen and oxygen atoms in total. The molecule has 0 bridgehead atoms. The molecule has 0 saturated heterocycles. The summed E-state index contributed by atoms with van der Waals surface area (Å²) in [4.78, 5) is 0. The van der Waals surface area contributed by atoms with E-state index in [0.29, 0.717) is 17.5 Å². The quantitative estimate of drug-likeness (QED) is 0.621. The molecule has 108 valence electrons. The van der Waals surface area contributed by atoms with Crippen LogP contribution >= 0.6 is 11.8 Å². The topological polar surface area (TPSA) is 89.8 Å². The standard InChI is InChI=1S/C11H15N5O2S2/c1-9-3-5-10(6-4-9)16-11(13-14-15-16)19-8-7-12-20(2,17)18/h3-6,12H,7-8H2,1-2H3. The first-order valence-corrected chi connectivity index (χ1v) is 8.76. The van der Waals surface area contributed by atoms with Crippen molar-refractivity contribution in [3.8, 4) is 5.69 Å². The summed E-state index contributed by atoms with van der Waals surface area (Å²) in [6.07, 6.45) is 1.13. The summed E-state index contributed by atoms with van der Waals surface area (Å²) in [5.74, 6) is 0.555. The van der Waals surface area contributed by atoms with Gasteiger partial charge in [0.05, 0.1) is 11.9 Å². The molecule has 2 aromatic rings. The number of tetrazole rings is 1. The first kappa shape index (κ1) is 14.9. The molecule has 0 atom stereocenters. The minimum Gasteiger partial charge on any atom is -0.215 e. The Kier molecular flexibility index (Phi) is 4.73. The van der Waals surface area contributed by atoms with Crippen LogP contribution in [0.4, 0.5) is 0 Å². The Morgan fingerprint density at radius 1 is 1.30 bits per heavy atom. The molecule has 1 heterocycles. The fourth-order valence-corrected chi connectivity index (χ4v) is 2.83. The highest BCUT2D eigenvalue weighted by atomic mass is 32.2. The number of nitrogens with one attached hydrogen (secondary N) is 1. The second-order valence-electron chi connectivity index (χ2n) is 4.22. The van der Waals surface area contributed by atoms with Gasteiger partial charge in [0.25, 0.3) is 0 Å². The van der Waals surface area contributed by atoms with Gasteiger partial charge in [-0.3, -0.25) is 0 Å². The number of hydrogen-bond acceptors (Lipinski definition) is 6. The molecule has 1 N–H and O–H groups in total. The van der Waals surface area contributed by atoms with Gasteiger partial charge in [-0.1, -0.05) is 29.5 Å². The minimum absolute atomic E-state index is 0.338. The molecule has 0 radical (unpaired) electrons. The van der Waals surface area contributed by atoms with Gasteiger partial charge in [-0.05, 0) is 29.5 Å². The van der Waals surface area contributed by atoms with Crippen LogP contribution in [0.3, 0.4) is 0 Å². The Bertz CT molecular complexity index is 666. The summed E-state index contributed by atoms with van der Waals surface area (Å²) < 4.78 is 25.9. The van der Waals surface area contributed by atoms with Crippen LogP contribution in [0.25, 0.3) is 5.69 Å². The second kappa shape index (κ2) is 6.33. The normalized spacial score (nSPS) is 11.7. The SMILES string of the molecule is Cc1ccc(-n2nnnc2SCCNS(C)(=O)=O)cc1. The highest BCUT2D eigenvalue weighted by Crippen LogP contribution is 2.17. The molecule has 0 aliphatic rings. The maximum atomic E-state index is 10.9. The summed E-state index contributed by atoms with van der Waals surface area (Å²) >= 11 is 1.39. The van der Waals surface area contributed by atoms with Crippen molar-refractivity contribution >= 4 is 21.8 Å². The van der Waals surface area contributed by atoms with E-state index >= 15 is 0 Å². The Balaban J connectivity index is 2.00. The molecular formula is C11H15N5O2S2. The predicted molar refractivity (Wildman–Crippen MR) is 77.5 cm³/mol. The summed E-state index contributed by atoms with van der Waals surface area (Å²) in [5, 5.41) is 12.2. The van der Waals surface area contributed by atoms with Crippen molar-refractivity contribution < 1.29 is 8.42 Å². The van der Waals surface area contributed by atoms with Crippen LogP contribution in [0.2, 0.25) is 0 Å². The van der Waals surface area contributed by atoms with E-state index in [1.165, 1.54) is 11.8 Å². The smallest absolute Gasteiger partial charge is 0.214 e. The second-order valence-corrected chi connectivity index (χ2v) is 7.12. The number of thioether (sulfide) groups is 1. The number of benzene rings is 1. The molecule has 0 spiro atoms. The molecule has 0 saturated carbocycles. The minimum atomic E-state index is -3.15. The van der Waals surface area contributed by atoms with Crippen LogP contribution in [-0.4, -0.2) is 47.2 Å². The van der Waals surface area contributed by atoms with Crippen molar-refractivity contribution in [3.63, 3.8) is 0 Å². The molecule has 20 heavy (non-hydrogen) atoms. The lowest BCUT2D eigenvalue weighted by molar-refractivity contribution is 0.590. The average molecular weight is 313 g/mol. The van der Waals surface area contributed by atoms with Gasteiger partial charge in [0.2, 0.25) is 15.2 Å². The van der Waals surface area contributed by atoms with Crippen molar-refractivity contribution in [1.82, 2.24) is 24.9 Å². The fourth-order valence-electron chi connectivity index (χ4n) is 1.49. The van der Waals surface area contributed by atoms with Crippen molar-refractivity contribution in [2.45, 2.75) is 12.1 Å². The maximum Gasteiger partial charge on any atom is 0.214 e. The Hall–Kier alpha value is -1.45. The van der Waals surface area contributed by atoms with Crippen LogP contribution in [-0.2, 0) is 10.0 Å². The molecule has 0 fully saturated rings. The van der Waals surface area contributed by atoms with Gasteiger partial charge in [0.1, 0.15) is 0 Å². The summed E-state index contributed by atoms with van der Waals surface area (Å²) in [6.45, 7) is 2.35.